The Hall–Kier alpha value is -2.35. The van der Waals surface area contributed by atoms with Gasteiger partial charge in [0.15, 0.2) is 6.17 Å². The lowest BCUT2D eigenvalue weighted by atomic mass is 10.1. The Morgan fingerprint density at radius 3 is 2.34 bits per heavy atom. The fourth-order valence-corrected chi connectivity index (χ4v) is 3.46. The highest BCUT2D eigenvalue weighted by Crippen LogP contribution is 2.34. The number of imide groups is 1. The number of amides is 3. The molecular formula is C22H22Cl3FN4O2. The summed E-state index contributed by atoms with van der Waals surface area (Å²) in [6, 6.07) is 12.3. The van der Waals surface area contributed by atoms with Crippen LogP contribution in [0.25, 0.3) is 0 Å². The topological polar surface area (TPSA) is 65.0 Å². The summed E-state index contributed by atoms with van der Waals surface area (Å²) in [7, 11) is 1.27. The molecule has 0 aromatic heterocycles. The SMILES string of the molecule is CCCCc1ccc(NC(N=C2C(=O)N(C)C(=O)N2c2ccccc2F)C(Cl)(Cl)Cl)cc1. The maximum atomic E-state index is 14.4. The van der Waals surface area contributed by atoms with Gasteiger partial charge < -0.3 is 5.32 Å². The van der Waals surface area contributed by atoms with Crippen LogP contribution in [-0.4, -0.2) is 39.7 Å². The van der Waals surface area contributed by atoms with E-state index in [0.717, 1.165) is 34.6 Å². The Balaban J connectivity index is 1.96. The smallest absolute Gasteiger partial charge is 0.337 e. The highest BCUT2D eigenvalue weighted by molar-refractivity contribution is 6.68. The second-order valence-corrected chi connectivity index (χ2v) is 9.64. The number of aliphatic imine (C=N–C) groups is 1. The van der Waals surface area contributed by atoms with Crippen LogP contribution in [0.4, 0.5) is 20.6 Å². The molecule has 1 aliphatic rings. The average Bonchev–Trinajstić information content (AvgIpc) is 2.96. The monoisotopic (exact) mass is 498 g/mol. The first-order chi connectivity index (χ1) is 15.1. The third kappa shape index (κ3) is 5.34. The van der Waals surface area contributed by atoms with Crippen molar-refractivity contribution in [2.75, 3.05) is 17.3 Å². The van der Waals surface area contributed by atoms with Crippen molar-refractivity contribution >= 4 is 64.0 Å². The number of nitrogens with one attached hydrogen (secondary N) is 1. The van der Waals surface area contributed by atoms with Crippen molar-refractivity contribution in [3.8, 4) is 0 Å². The molecule has 2 aromatic carbocycles. The van der Waals surface area contributed by atoms with Gasteiger partial charge in [-0.3, -0.25) is 9.69 Å². The van der Waals surface area contributed by atoms with Crippen molar-refractivity contribution in [3.05, 3.63) is 59.9 Å². The minimum absolute atomic E-state index is 0.128. The molecule has 1 atom stereocenters. The fraction of sp³-hybridized carbons (Fsp3) is 0.318. The van der Waals surface area contributed by atoms with Gasteiger partial charge in [-0.15, -0.1) is 0 Å². The van der Waals surface area contributed by atoms with E-state index >= 15 is 0 Å². The first kappa shape index (κ1) is 24.3. The number of nitrogens with zero attached hydrogens (tertiary/aromatic N) is 3. The number of aryl methyl sites for hydroxylation is 1. The molecule has 1 heterocycles. The quantitative estimate of drug-likeness (QED) is 0.388. The molecule has 32 heavy (non-hydrogen) atoms. The number of alkyl halides is 3. The van der Waals surface area contributed by atoms with Crippen LogP contribution in [0.1, 0.15) is 25.3 Å². The maximum Gasteiger partial charge on any atom is 0.337 e. The Morgan fingerprint density at radius 1 is 1.09 bits per heavy atom. The third-order valence-electron chi connectivity index (χ3n) is 4.92. The van der Waals surface area contributed by atoms with Crippen LogP contribution < -0.4 is 10.2 Å². The van der Waals surface area contributed by atoms with Gasteiger partial charge in [0, 0.05) is 12.7 Å². The largest absolute Gasteiger partial charge is 0.360 e. The van der Waals surface area contributed by atoms with Crippen molar-refractivity contribution in [3.63, 3.8) is 0 Å². The molecule has 0 aliphatic carbocycles. The Morgan fingerprint density at radius 2 is 1.75 bits per heavy atom. The standard InChI is InChI=1S/C22H22Cl3FN4O2/c1-3-4-7-14-10-12-15(13-11-14)27-20(22(23,24)25)28-18-19(31)29(2)21(32)30(18)17-9-6-5-8-16(17)26/h5-6,8-13,20,27H,3-4,7H2,1-2H3. The molecule has 10 heteroatoms. The van der Waals surface area contributed by atoms with E-state index in [1.165, 1.54) is 31.3 Å². The average molecular weight is 500 g/mol. The summed E-state index contributed by atoms with van der Waals surface area (Å²) in [5, 5.41) is 2.98. The lowest BCUT2D eigenvalue weighted by molar-refractivity contribution is -0.119. The molecular weight excluding hydrogens is 478 g/mol. The van der Waals surface area contributed by atoms with Gasteiger partial charge in [-0.05, 0) is 42.7 Å². The van der Waals surface area contributed by atoms with Crippen LogP contribution in [0.3, 0.4) is 0 Å². The van der Waals surface area contributed by atoms with Crippen LogP contribution in [0, 0.1) is 5.82 Å². The highest BCUT2D eigenvalue weighted by atomic mass is 35.6. The summed E-state index contributed by atoms with van der Waals surface area (Å²) < 4.78 is 12.4. The van der Waals surface area contributed by atoms with E-state index in [0.29, 0.717) is 5.69 Å². The second kappa shape index (κ2) is 10.1. The highest BCUT2D eigenvalue weighted by Gasteiger charge is 2.44. The van der Waals surface area contributed by atoms with Gasteiger partial charge in [0.1, 0.15) is 5.82 Å². The van der Waals surface area contributed by atoms with E-state index in [-0.39, 0.29) is 11.5 Å². The maximum absolute atomic E-state index is 14.4. The normalized spacial score (nSPS) is 16.8. The number of carbonyl (C=O) groups excluding carboxylic acids is 2. The number of rotatable bonds is 7. The number of likely N-dealkylation sites (N-methyl/N-ethyl adjacent to an activating group) is 1. The molecule has 0 spiro atoms. The number of urea groups is 1. The van der Waals surface area contributed by atoms with Crippen LogP contribution in [0.15, 0.2) is 53.5 Å². The third-order valence-corrected chi connectivity index (χ3v) is 5.54. The second-order valence-electron chi connectivity index (χ2n) is 7.28. The molecule has 1 N–H and O–H groups in total. The summed E-state index contributed by atoms with van der Waals surface area (Å²) in [6.07, 6.45) is 1.88. The molecule has 170 valence electrons. The predicted octanol–water partition coefficient (Wildman–Crippen LogP) is 5.77. The van der Waals surface area contributed by atoms with E-state index in [9.17, 15) is 14.0 Å². The molecule has 1 unspecified atom stereocenters. The van der Waals surface area contributed by atoms with Crippen LogP contribution in [0.2, 0.25) is 0 Å². The molecule has 0 radical (unpaired) electrons. The van der Waals surface area contributed by atoms with Gasteiger partial charge in [-0.2, -0.15) is 0 Å². The van der Waals surface area contributed by atoms with Crippen molar-refractivity contribution in [1.82, 2.24) is 4.90 Å². The molecule has 3 amide bonds. The Kier molecular flexibility index (Phi) is 7.64. The molecule has 6 nitrogen and oxygen atoms in total. The molecule has 3 rings (SSSR count). The van der Waals surface area contributed by atoms with E-state index < -0.39 is 27.7 Å². The van der Waals surface area contributed by atoms with Crippen LogP contribution >= 0.6 is 34.8 Å². The first-order valence-electron chi connectivity index (χ1n) is 10.00. The Labute approximate surface area is 200 Å². The molecule has 1 aliphatic heterocycles. The van der Waals surface area contributed by atoms with Gasteiger partial charge in [-0.1, -0.05) is 72.4 Å². The van der Waals surface area contributed by atoms with E-state index in [2.05, 4.69) is 17.2 Å². The zero-order chi connectivity index (χ0) is 23.5. The van der Waals surface area contributed by atoms with Gasteiger partial charge in [0.05, 0.1) is 5.69 Å². The van der Waals surface area contributed by atoms with E-state index in [1.807, 2.05) is 24.3 Å². The minimum Gasteiger partial charge on any atom is -0.360 e. The van der Waals surface area contributed by atoms with Crippen molar-refractivity contribution in [2.24, 2.45) is 4.99 Å². The number of benzene rings is 2. The number of amidine groups is 1. The molecule has 1 saturated heterocycles. The number of hydrogen-bond acceptors (Lipinski definition) is 4. The minimum atomic E-state index is -1.97. The summed E-state index contributed by atoms with van der Waals surface area (Å²) in [6.45, 7) is 2.12. The van der Waals surface area contributed by atoms with E-state index in [1.54, 1.807) is 0 Å². The first-order valence-corrected chi connectivity index (χ1v) is 11.1. The van der Waals surface area contributed by atoms with Crippen LogP contribution in [0.5, 0.6) is 0 Å². The fourth-order valence-electron chi connectivity index (χ4n) is 3.15. The molecule has 0 saturated carbocycles. The zero-order valence-corrected chi connectivity index (χ0v) is 19.8. The summed E-state index contributed by atoms with van der Waals surface area (Å²) in [5.41, 5.74) is 1.64. The Bertz CT molecular complexity index is 1020. The van der Waals surface area contributed by atoms with Gasteiger partial charge in [0.25, 0.3) is 5.91 Å². The van der Waals surface area contributed by atoms with Crippen molar-refractivity contribution < 1.29 is 14.0 Å². The number of carbonyl (C=O) groups is 2. The molecule has 0 bridgehead atoms. The lowest BCUT2D eigenvalue weighted by Crippen LogP contribution is -2.38. The van der Waals surface area contributed by atoms with Gasteiger partial charge in [-0.25, -0.2) is 19.1 Å². The summed E-state index contributed by atoms with van der Waals surface area (Å²) in [5.74, 6) is -1.79. The summed E-state index contributed by atoms with van der Waals surface area (Å²) >= 11 is 18.4. The van der Waals surface area contributed by atoms with Gasteiger partial charge in [0.2, 0.25) is 9.63 Å². The van der Waals surface area contributed by atoms with Crippen molar-refractivity contribution in [1.29, 1.82) is 0 Å². The lowest BCUT2D eigenvalue weighted by Gasteiger charge is -2.24. The number of para-hydroxylation sites is 1. The number of unbranched alkanes of at least 4 members (excludes halogenated alkanes) is 1. The molecule has 1 fully saturated rings. The number of hydrogen-bond donors (Lipinski definition) is 1. The van der Waals surface area contributed by atoms with E-state index in [4.69, 9.17) is 34.8 Å². The predicted molar refractivity (Wildman–Crippen MR) is 127 cm³/mol. The van der Waals surface area contributed by atoms with Crippen molar-refractivity contribution in [2.45, 2.75) is 36.1 Å². The van der Waals surface area contributed by atoms with Gasteiger partial charge >= 0.3 is 6.03 Å². The number of anilines is 2. The number of halogens is 4. The zero-order valence-electron chi connectivity index (χ0n) is 17.5. The van der Waals surface area contributed by atoms with Crippen LogP contribution in [-0.2, 0) is 11.2 Å². The summed E-state index contributed by atoms with van der Waals surface area (Å²) in [4.78, 5) is 31.3. The molecule has 2 aromatic rings.